The van der Waals surface area contributed by atoms with Gasteiger partial charge in [-0.2, -0.15) is 0 Å². The second kappa shape index (κ2) is 16.8. The van der Waals surface area contributed by atoms with Gasteiger partial charge < -0.3 is 5.32 Å². The van der Waals surface area contributed by atoms with Crippen molar-refractivity contribution < 1.29 is 4.79 Å². The minimum atomic E-state index is 0.0121. The van der Waals surface area contributed by atoms with Crippen LogP contribution < -0.4 is 5.32 Å². The molecular weight excluding hydrogens is 210 g/mol. The summed E-state index contributed by atoms with van der Waals surface area (Å²) in [4.78, 5) is 10.7. The first kappa shape index (κ1) is 20.8. The summed E-state index contributed by atoms with van der Waals surface area (Å²) in [5, 5.41) is 2.60. The van der Waals surface area contributed by atoms with Crippen molar-refractivity contribution in [2.75, 3.05) is 0 Å². The van der Waals surface area contributed by atoms with Crippen LogP contribution in [0.3, 0.4) is 0 Å². The Bertz CT molecular complexity index is 262. The average Bonchev–Trinajstić information content (AvgIpc) is 2.65. The molecular formula is C15H27NO. The van der Waals surface area contributed by atoms with Crippen LogP contribution in [-0.2, 0) is 4.79 Å². The summed E-state index contributed by atoms with van der Waals surface area (Å²) >= 11 is 0. The minimum absolute atomic E-state index is 0.0121. The molecule has 0 unspecified atom stereocenters. The molecule has 1 fully saturated rings. The summed E-state index contributed by atoms with van der Waals surface area (Å²) in [6.45, 7) is 20.4. The zero-order chi connectivity index (χ0) is 14.3. The first-order chi connectivity index (χ1) is 8.15. The van der Waals surface area contributed by atoms with Crippen LogP contribution in [0.4, 0.5) is 0 Å². The van der Waals surface area contributed by atoms with Gasteiger partial charge in [0.05, 0.1) is 6.42 Å². The van der Waals surface area contributed by atoms with E-state index in [1.165, 1.54) is 0 Å². The van der Waals surface area contributed by atoms with Crippen LogP contribution in [0.5, 0.6) is 0 Å². The molecule has 17 heavy (non-hydrogen) atoms. The molecule has 0 saturated carbocycles. The highest BCUT2D eigenvalue weighted by Gasteiger charge is 2.17. The first-order valence-electron chi connectivity index (χ1n) is 6.03. The molecule has 1 heterocycles. The lowest BCUT2D eigenvalue weighted by Crippen LogP contribution is -2.10. The van der Waals surface area contributed by atoms with Gasteiger partial charge in [-0.25, -0.2) is 0 Å². The Morgan fingerprint density at radius 3 is 1.82 bits per heavy atom. The molecule has 0 aromatic rings. The Labute approximate surface area is 107 Å². The molecule has 1 aliphatic heterocycles. The van der Waals surface area contributed by atoms with Crippen molar-refractivity contribution in [2.24, 2.45) is 0 Å². The second-order valence-corrected chi connectivity index (χ2v) is 2.54. The Hall–Kier alpha value is -1.57. The van der Waals surface area contributed by atoms with Crippen LogP contribution in [0.1, 0.15) is 41.0 Å². The van der Waals surface area contributed by atoms with E-state index in [0.717, 1.165) is 5.57 Å². The summed E-state index contributed by atoms with van der Waals surface area (Å²) in [5.41, 5.74) is 1.63. The topological polar surface area (TPSA) is 29.1 Å². The summed E-state index contributed by atoms with van der Waals surface area (Å²) in [6.07, 6.45) is 5.63. The van der Waals surface area contributed by atoms with Gasteiger partial charge in [-0.1, -0.05) is 59.1 Å². The molecule has 1 amide bonds. The van der Waals surface area contributed by atoms with Crippen molar-refractivity contribution >= 4 is 5.91 Å². The lowest BCUT2D eigenvalue weighted by molar-refractivity contribution is -0.118. The molecule has 0 bridgehead atoms. The van der Waals surface area contributed by atoms with Crippen LogP contribution in [0.15, 0.2) is 49.2 Å². The summed E-state index contributed by atoms with van der Waals surface area (Å²) in [6, 6.07) is 0. The molecule has 0 atom stereocenters. The number of carbonyl (C=O) groups excluding carboxylic acids is 1. The van der Waals surface area contributed by atoms with Gasteiger partial charge >= 0.3 is 0 Å². The number of hydrogen-bond donors (Lipinski definition) is 1. The van der Waals surface area contributed by atoms with E-state index in [2.05, 4.69) is 25.1 Å². The van der Waals surface area contributed by atoms with Crippen LogP contribution in [0.25, 0.3) is 0 Å². The van der Waals surface area contributed by atoms with E-state index in [1.807, 2.05) is 34.6 Å². The fourth-order valence-corrected chi connectivity index (χ4v) is 0.874. The van der Waals surface area contributed by atoms with E-state index in [1.54, 1.807) is 18.2 Å². The average molecular weight is 237 g/mol. The van der Waals surface area contributed by atoms with Crippen LogP contribution >= 0.6 is 0 Å². The Balaban J connectivity index is -0.000000239. The molecule has 0 radical (unpaired) electrons. The highest BCUT2D eigenvalue weighted by molar-refractivity contribution is 5.86. The largest absolute Gasteiger partial charge is 0.326 e. The first-order valence-corrected chi connectivity index (χ1v) is 6.03. The second-order valence-electron chi connectivity index (χ2n) is 2.54. The standard InChI is InChI=1S/C8H9NO.C3H6.2C2H6/c1-3-4-7-5-8(10)9-6(7)2;1-3-2;2*1-2/h3-4H,1-2,5H2,(H,9,10);3H,1H2,2H3;2*1-2H3/b7-4-;;;. The van der Waals surface area contributed by atoms with Gasteiger partial charge in [-0.3, -0.25) is 4.79 Å². The Morgan fingerprint density at radius 1 is 1.18 bits per heavy atom. The van der Waals surface area contributed by atoms with Crippen LogP contribution in [0, 0.1) is 0 Å². The van der Waals surface area contributed by atoms with E-state index in [9.17, 15) is 4.79 Å². The maximum absolute atomic E-state index is 10.7. The van der Waals surface area contributed by atoms with Crippen LogP contribution in [0.2, 0.25) is 0 Å². The number of carbonyl (C=O) groups is 1. The lowest BCUT2D eigenvalue weighted by Gasteiger charge is -1.91. The maximum Gasteiger partial charge on any atom is 0.228 e. The highest BCUT2D eigenvalue weighted by atomic mass is 16.1. The van der Waals surface area contributed by atoms with Gasteiger partial charge in [0.1, 0.15) is 0 Å². The van der Waals surface area contributed by atoms with Crippen molar-refractivity contribution in [2.45, 2.75) is 41.0 Å². The zero-order valence-electron chi connectivity index (χ0n) is 12.0. The maximum atomic E-state index is 10.7. The van der Waals surface area contributed by atoms with Gasteiger partial charge in [-0.15, -0.1) is 6.58 Å². The Morgan fingerprint density at radius 2 is 1.59 bits per heavy atom. The van der Waals surface area contributed by atoms with Gasteiger partial charge in [0.15, 0.2) is 0 Å². The zero-order valence-corrected chi connectivity index (χ0v) is 12.0. The Kier molecular flexibility index (Phi) is 20.6. The molecule has 0 aliphatic carbocycles. The van der Waals surface area contributed by atoms with E-state index in [4.69, 9.17) is 0 Å². The van der Waals surface area contributed by atoms with Crippen molar-refractivity contribution in [3.05, 3.63) is 49.2 Å². The third-order valence-corrected chi connectivity index (χ3v) is 1.35. The van der Waals surface area contributed by atoms with Crippen molar-refractivity contribution in [3.63, 3.8) is 0 Å². The minimum Gasteiger partial charge on any atom is -0.326 e. The predicted molar refractivity (Wildman–Crippen MR) is 78.7 cm³/mol. The van der Waals surface area contributed by atoms with Crippen LogP contribution in [-0.4, -0.2) is 5.91 Å². The SMILES string of the molecule is C=C/C=C1/CC(=O)NC1=C.C=CC.CC.CC. The quantitative estimate of drug-likeness (QED) is 0.674. The molecule has 0 aromatic carbocycles. The molecule has 2 heteroatoms. The lowest BCUT2D eigenvalue weighted by atomic mass is 10.2. The smallest absolute Gasteiger partial charge is 0.228 e. The van der Waals surface area contributed by atoms with Crippen molar-refractivity contribution in [1.82, 2.24) is 5.32 Å². The van der Waals surface area contributed by atoms with E-state index in [0.29, 0.717) is 12.1 Å². The summed E-state index contributed by atoms with van der Waals surface area (Å²) in [7, 11) is 0. The molecule has 1 saturated heterocycles. The van der Waals surface area contributed by atoms with Crippen molar-refractivity contribution in [1.29, 1.82) is 0 Å². The molecule has 1 aliphatic rings. The highest BCUT2D eigenvalue weighted by Crippen LogP contribution is 2.16. The van der Waals surface area contributed by atoms with E-state index < -0.39 is 0 Å². The fraction of sp³-hybridized carbons (Fsp3) is 0.400. The number of nitrogens with one attached hydrogen (secondary N) is 1. The normalized spacial score (nSPS) is 14.1. The predicted octanol–water partition coefficient (Wildman–Crippen LogP) is 4.38. The molecule has 0 spiro atoms. The molecule has 98 valence electrons. The fourth-order valence-electron chi connectivity index (χ4n) is 0.874. The number of allylic oxidation sites excluding steroid dienone is 4. The van der Waals surface area contributed by atoms with E-state index >= 15 is 0 Å². The molecule has 1 rings (SSSR count). The van der Waals surface area contributed by atoms with Crippen molar-refractivity contribution in [3.8, 4) is 0 Å². The third-order valence-electron chi connectivity index (χ3n) is 1.35. The van der Waals surface area contributed by atoms with Gasteiger partial charge in [0.2, 0.25) is 5.91 Å². The summed E-state index contributed by atoms with van der Waals surface area (Å²) < 4.78 is 0. The summed E-state index contributed by atoms with van der Waals surface area (Å²) in [5.74, 6) is 0.0121. The third kappa shape index (κ3) is 12.4. The number of rotatable bonds is 1. The number of amides is 1. The molecule has 2 nitrogen and oxygen atoms in total. The molecule has 1 N–H and O–H groups in total. The van der Waals surface area contributed by atoms with E-state index in [-0.39, 0.29) is 5.91 Å². The van der Waals surface area contributed by atoms with Gasteiger partial charge in [0, 0.05) is 5.70 Å². The number of hydrogen-bond acceptors (Lipinski definition) is 1. The monoisotopic (exact) mass is 237 g/mol. The molecule has 0 aromatic heterocycles. The van der Waals surface area contributed by atoms with Gasteiger partial charge in [-0.05, 0) is 12.5 Å². The van der Waals surface area contributed by atoms with Gasteiger partial charge in [0.25, 0.3) is 0 Å².